The average Bonchev–Trinajstić information content (AvgIpc) is 2.76. The molecule has 0 amide bonds. The van der Waals surface area contributed by atoms with Crippen molar-refractivity contribution in [2.24, 2.45) is 4.99 Å². The monoisotopic (exact) mass is 526 g/mol. The van der Waals surface area contributed by atoms with Crippen LogP contribution in [0.15, 0.2) is 53.5 Å². The second kappa shape index (κ2) is 13.2. The lowest BCUT2D eigenvalue weighted by molar-refractivity contribution is 0.0936. The summed E-state index contributed by atoms with van der Waals surface area (Å²) in [7, 11) is 1.70. The number of fused-ring (bicyclic) bond motifs is 1. The molecule has 0 radical (unpaired) electrons. The Morgan fingerprint density at radius 3 is 2.60 bits per heavy atom. The molecular formula is C22H31IN4O3. The van der Waals surface area contributed by atoms with Crippen LogP contribution >= 0.6 is 24.0 Å². The van der Waals surface area contributed by atoms with Crippen LogP contribution in [-0.4, -0.2) is 52.0 Å². The Labute approximate surface area is 195 Å². The third kappa shape index (κ3) is 7.56. The Hall–Kier alpha value is -2.20. The molecule has 1 unspecified atom stereocenters. The third-order valence-electron chi connectivity index (χ3n) is 4.42. The summed E-state index contributed by atoms with van der Waals surface area (Å²) in [6.07, 6.45) is -0.0637. The highest BCUT2D eigenvalue weighted by Crippen LogP contribution is 2.30. The van der Waals surface area contributed by atoms with E-state index >= 15 is 0 Å². The Balaban J connectivity index is 0.00000320. The zero-order valence-corrected chi connectivity index (χ0v) is 19.8. The van der Waals surface area contributed by atoms with Gasteiger partial charge in [-0.3, -0.25) is 0 Å². The number of guanidine groups is 1. The summed E-state index contributed by atoms with van der Waals surface area (Å²) in [4.78, 5) is 4.68. The zero-order valence-electron chi connectivity index (χ0n) is 17.5. The van der Waals surface area contributed by atoms with Crippen LogP contribution in [-0.2, 0) is 11.3 Å². The number of aliphatic imine (C=N–C) groups is 1. The van der Waals surface area contributed by atoms with E-state index in [4.69, 9.17) is 14.2 Å². The van der Waals surface area contributed by atoms with Gasteiger partial charge in [0.15, 0.2) is 17.5 Å². The number of benzene rings is 2. The van der Waals surface area contributed by atoms with Crippen molar-refractivity contribution in [3.05, 3.63) is 54.1 Å². The molecule has 0 aromatic heterocycles. The molecule has 0 bridgehead atoms. The normalized spacial score (nSPS) is 15.1. The molecule has 1 aliphatic rings. The van der Waals surface area contributed by atoms with Crippen molar-refractivity contribution in [1.82, 2.24) is 10.6 Å². The fraction of sp³-hybridized carbons (Fsp3) is 0.409. The van der Waals surface area contributed by atoms with Gasteiger partial charge in [-0.1, -0.05) is 24.3 Å². The number of nitrogens with zero attached hydrogens (tertiary/aromatic N) is 1. The van der Waals surface area contributed by atoms with Gasteiger partial charge in [-0.25, -0.2) is 4.99 Å². The second-order valence-electron chi connectivity index (χ2n) is 6.69. The second-order valence-corrected chi connectivity index (χ2v) is 6.69. The van der Waals surface area contributed by atoms with Crippen molar-refractivity contribution in [3.63, 3.8) is 0 Å². The summed E-state index contributed by atoms with van der Waals surface area (Å²) in [5, 5.41) is 9.93. The van der Waals surface area contributed by atoms with Crippen LogP contribution in [0.4, 0.5) is 5.69 Å². The molecule has 0 saturated carbocycles. The number of rotatable bonds is 9. The van der Waals surface area contributed by atoms with Gasteiger partial charge in [0.05, 0.1) is 19.7 Å². The number of hydrogen-bond donors (Lipinski definition) is 3. The van der Waals surface area contributed by atoms with Crippen LogP contribution < -0.4 is 25.4 Å². The first-order chi connectivity index (χ1) is 14.3. The predicted octanol–water partition coefficient (Wildman–Crippen LogP) is 3.26. The van der Waals surface area contributed by atoms with Crippen LogP contribution in [0, 0.1) is 0 Å². The predicted molar refractivity (Wildman–Crippen MR) is 131 cm³/mol. The van der Waals surface area contributed by atoms with Gasteiger partial charge in [0.25, 0.3) is 0 Å². The molecule has 3 rings (SSSR count). The van der Waals surface area contributed by atoms with E-state index < -0.39 is 0 Å². The molecule has 2 aromatic rings. The van der Waals surface area contributed by atoms with E-state index in [1.54, 1.807) is 7.11 Å². The summed E-state index contributed by atoms with van der Waals surface area (Å²) < 4.78 is 16.8. The van der Waals surface area contributed by atoms with Crippen LogP contribution in [0.5, 0.6) is 11.5 Å². The minimum absolute atomic E-state index is 0. The zero-order chi connectivity index (χ0) is 20.3. The molecule has 3 N–H and O–H groups in total. The quantitative estimate of drug-likeness (QED) is 0.202. The average molecular weight is 526 g/mol. The van der Waals surface area contributed by atoms with Crippen LogP contribution in [0.3, 0.4) is 0 Å². The van der Waals surface area contributed by atoms with E-state index in [1.165, 1.54) is 0 Å². The maximum Gasteiger partial charge on any atom is 0.191 e. The standard InChI is InChI=1S/C22H30N4O3.HI/c1-3-23-22(25-14-17-8-10-18(11-9-17)24-12-13-27-2)26-15-19-16-28-20-6-4-5-7-21(20)29-19;/h4-11,19,24H,3,12-16H2,1-2H3,(H2,23,25,26);1H. The molecular weight excluding hydrogens is 495 g/mol. The van der Waals surface area contributed by atoms with Crippen molar-refractivity contribution in [3.8, 4) is 11.5 Å². The van der Waals surface area contributed by atoms with E-state index in [9.17, 15) is 0 Å². The summed E-state index contributed by atoms with van der Waals surface area (Å²) >= 11 is 0. The van der Waals surface area contributed by atoms with Gasteiger partial charge in [-0.05, 0) is 36.8 Å². The molecule has 7 nitrogen and oxygen atoms in total. The highest BCUT2D eigenvalue weighted by Gasteiger charge is 2.20. The van der Waals surface area contributed by atoms with Gasteiger partial charge in [0, 0.05) is 25.9 Å². The maximum atomic E-state index is 5.99. The summed E-state index contributed by atoms with van der Waals surface area (Å²) in [6.45, 7) is 6.04. The van der Waals surface area contributed by atoms with Crippen molar-refractivity contribution in [2.45, 2.75) is 19.6 Å². The number of nitrogens with one attached hydrogen (secondary N) is 3. The number of ether oxygens (including phenoxy) is 3. The van der Waals surface area contributed by atoms with Crippen molar-refractivity contribution >= 4 is 35.6 Å². The van der Waals surface area contributed by atoms with Gasteiger partial charge in [-0.15, -0.1) is 24.0 Å². The van der Waals surface area contributed by atoms with E-state index in [1.807, 2.05) is 31.2 Å². The lowest BCUT2D eigenvalue weighted by atomic mass is 10.2. The first kappa shape index (κ1) is 24.1. The van der Waals surface area contributed by atoms with E-state index in [0.717, 1.165) is 41.8 Å². The number of para-hydroxylation sites is 2. The highest BCUT2D eigenvalue weighted by atomic mass is 127. The summed E-state index contributed by atoms with van der Waals surface area (Å²) in [5.74, 6) is 2.34. The van der Waals surface area contributed by atoms with Gasteiger partial charge in [-0.2, -0.15) is 0 Å². The number of hydrogen-bond acceptors (Lipinski definition) is 5. The van der Waals surface area contributed by atoms with E-state index in [0.29, 0.717) is 26.3 Å². The molecule has 1 heterocycles. The topological polar surface area (TPSA) is 76.1 Å². The molecule has 0 aliphatic carbocycles. The molecule has 0 spiro atoms. The number of anilines is 1. The molecule has 0 fully saturated rings. The number of methoxy groups -OCH3 is 1. The largest absolute Gasteiger partial charge is 0.486 e. The maximum absolute atomic E-state index is 5.99. The molecule has 30 heavy (non-hydrogen) atoms. The molecule has 8 heteroatoms. The SMILES string of the molecule is CCNC(=NCc1ccc(NCCOC)cc1)NCC1COc2ccccc2O1.I. The van der Waals surface area contributed by atoms with Gasteiger partial charge < -0.3 is 30.2 Å². The fourth-order valence-corrected chi connectivity index (χ4v) is 2.91. The van der Waals surface area contributed by atoms with Crippen LogP contribution in [0.1, 0.15) is 12.5 Å². The van der Waals surface area contributed by atoms with Crippen molar-refractivity contribution < 1.29 is 14.2 Å². The smallest absolute Gasteiger partial charge is 0.191 e. The van der Waals surface area contributed by atoms with Gasteiger partial charge in [0.2, 0.25) is 0 Å². The minimum Gasteiger partial charge on any atom is -0.486 e. The molecule has 164 valence electrons. The Bertz CT molecular complexity index is 786. The minimum atomic E-state index is -0.0637. The highest BCUT2D eigenvalue weighted by molar-refractivity contribution is 14.0. The van der Waals surface area contributed by atoms with E-state index in [-0.39, 0.29) is 30.1 Å². The first-order valence-electron chi connectivity index (χ1n) is 10.0. The Kier molecular flexibility index (Phi) is 10.6. The molecule has 0 saturated heterocycles. The van der Waals surface area contributed by atoms with Gasteiger partial charge in [0.1, 0.15) is 12.7 Å². The van der Waals surface area contributed by atoms with Crippen LogP contribution in [0.25, 0.3) is 0 Å². The molecule has 1 atom stereocenters. The third-order valence-corrected chi connectivity index (χ3v) is 4.42. The first-order valence-corrected chi connectivity index (χ1v) is 10.0. The summed E-state index contributed by atoms with van der Waals surface area (Å²) in [6, 6.07) is 16.0. The van der Waals surface area contributed by atoms with Crippen LogP contribution in [0.2, 0.25) is 0 Å². The molecule has 2 aromatic carbocycles. The van der Waals surface area contributed by atoms with Crippen molar-refractivity contribution in [1.29, 1.82) is 0 Å². The van der Waals surface area contributed by atoms with Gasteiger partial charge >= 0.3 is 0 Å². The van der Waals surface area contributed by atoms with E-state index in [2.05, 4.69) is 45.2 Å². The fourth-order valence-electron chi connectivity index (χ4n) is 2.91. The summed E-state index contributed by atoms with van der Waals surface area (Å²) in [5.41, 5.74) is 2.22. The Morgan fingerprint density at radius 2 is 1.87 bits per heavy atom. The lowest BCUT2D eigenvalue weighted by Crippen LogP contribution is -2.45. The molecule has 1 aliphatic heterocycles. The lowest BCUT2D eigenvalue weighted by Gasteiger charge is -2.27. The Morgan fingerprint density at radius 1 is 1.10 bits per heavy atom. The number of halogens is 1. The van der Waals surface area contributed by atoms with Crippen molar-refractivity contribution in [2.75, 3.05) is 45.3 Å².